The summed E-state index contributed by atoms with van der Waals surface area (Å²) in [4.78, 5) is 21.4. The number of morpholine rings is 1. The molecule has 2 atom stereocenters. The first kappa shape index (κ1) is 14.7. The number of H-pyrrole nitrogens is 1. The molecule has 1 aliphatic heterocycles. The van der Waals surface area contributed by atoms with Gasteiger partial charge in [0.25, 0.3) is 0 Å². The third kappa shape index (κ3) is 3.20. The van der Waals surface area contributed by atoms with Crippen molar-refractivity contribution in [3.63, 3.8) is 0 Å². The van der Waals surface area contributed by atoms with Gasteiger partial charge in [0.2, 0.25) is 0 Å². The van der Waals surface area contributed by atoms with E-state index in [1.54, 1.807) is 10.8 Å². The normalized spacial score (nSPS) is 23.8. The number of ether oxygens (including phenoxy) is 1. The van der Waals surface area contributed by atoms with E-state index in [2.05, 4.69) is 44.6 Å². The lowest BCUT2D eigenvalue weighted by Gasteiger charge is -2.35. The summed E-state index contributed by atoms with van der Waals surface area (Å²) in [6, 6.07) is 1.92. The first-order valence-electron chi connectivity index (χ1n) is 7.15. The summed E-state index contributed by atoms with van der Waals surface area (Å²) in [7, 11) is 0. The maximum atomic E-state index is 12.1. The van der Waals surface area contributed by atoms with Crippen molar-refractivity contribution in [2.45, 2.75) is 32.6 Å². The first-order valence-corrected chi connectivity index (χ1v) is 7.94. The predicted octanol–water partition coefficient (Wildman–Crippen LogP) is 1.60. The Kier molecular flexibility index (Phi) is 4.14. The standard InChI is InChI=1S/C14H19BrN4O2/c1-9-7-18(8-10(2)21-9)3-4-19-12-5-11(15)6-16-13(12)17-14(19)20/h5-6,9-10H,3-4,7-8H2,1-2H3,(H,16,17,20)/t9-,10+. The number of nitrogens with one attached hydrogen (secondary N) is 1. The number of pyridine rings is 1. The van der Waals surface area contributed by atoms with Crippen molar-refractivity contribution in [3.05, 3.63) is 27.2 Å². The van der Waals surface area contributed by atoms with Crippen LogP contribution in [-0.4, -0.2) is 51.3 Å². The molecule has 7 heteroatoms. The molecule has 0 radical (unpaired) electrons. The first-order chi connectivity index (χ1) is 10.0. The number of aromatic amines is 1. The molecule has 0 unspecified atom stereocenters. The Hall–Kier alpha value is -1.18. The van der Waals surface area contributed by atoms with Crippen molar-refractivity contribution in [3.8, 4) is 0 Å². The topological polar surface area (TPSA) is 63.2 Å². The second-order valence-corrected chi connectivity index (χ2v) is 6.54. The van der Waals surface area contributed by atoms with E-state index in [1.807, 2.05) is 6.07 Å². The fraction of sp³-hybridized carbons (Fsp3) is 0.571. The fourth-order valence-corrected chi connectivity index (χ4v) is 3.26. The number of imidazole rings is 1. The van der Waals surface area contributed by atoms with E-state index in [0.29, 0.717) is 12.2 Å². The molecule has 3 heterocycles. The molecule has 0 saturated carbocycles. The monoisotopic (exact) mass is 354 g/mol. The molecular formula is C14H19BrN4O2. The summed E-state index contributed by atoms with van der Waals surface area (Å²) < 4.78 is 8.35. The van der Waals surface area contributed by atoms with E-state index >= 15 is 0 Å². The zero-order valence-corrected chi connectivity index (χ0v) is 13.8. The summed E-state index contributed by atoms with van der Waals surface area (Å²) in [5, 5.41) is 0. The molecule has 6 nitrogen and oxygen atoms in total. The van der Waals surface area contributed by atoms with Crippen LogP contribution >= 0.6 is 15.9 Å². The minimum atomic E-state index is -0.107. The molecule has 0 spiro atoms. The van der Waals surface area contributed by atoms with E-state index in [9.17, 15) is 4.79 Å². The van der Waals surface area contributed by atoms with Crippen LogP contribution in [0.15, 0.2) is 21.5 Å². The van der Waals surface area contributed by atoms with E-state index < -0.39 is 0 Å². The molecule has 1 fully saturated rings. The quantitative estimate of drug-likeness (QED) is 0.909. The molecule has 2 aromatic rings. The summed E-state index contributed by atoms with van der Waals surface area (Å²) in [5.74, 6) is 0. The predicted molar refractivity (Wildman–Crippen MR) is 84.5 cm³/mol. The molecule has 0 amide bonds. The second-order valence-electron chi connectivity index (χ2n) is 5.62. The Morgan fingerprint density at radius 3 is 2.81 bits per heavy atom. The van der Waals surface area contributed by atoms with Gasteiger partial charge in [-0.3, -0.25) is 14.5 Å². The lowest BCUT2D eigenvalue weighted by atomic mass is 10.2. The third-order valence-corrected chi connectivity index (χ3v) is 4.16. The lowest BCUT2D eigenvalue weighted by Crippen LogP contribution is -2.46. The largest absolute Gasteiger partial charge is 0.373 e. The molecule has 1 N–H and O–H groups in total. The molecule has 3 rings (SSSR count). The second kappa shape index (κ2) is 5.90. The Morgan fingerprint density at radius 2 is 2.10 bits per heavy atom. The van der Waals surface area contributed by atoms with Crippen molar-refractivity contribution in [1.82, 2.24) is 19.4 Å². The zero-order chi connectivity index (χ0) is 15.0. The van der Waals surface area contributed by atoms with Gasteiger partial charge in [0, 0.05) is 36.8 Å². The van der Waals surface area contributed by atoms with Crippen LogP contribution in [0.2, 0.25) is 0 Å². The number of fused-ring (bicyclic) bond motifs is 1. The average molecular weight is 355 g/mol. The number of aromatic nitrogens is 3. The Labute approximate surface area is 131 Å². The van der Waals surface area contributed by atoms with Gasteiger partial charge in [-0.05, 0) is 35.8 Å². The van der Waals surface area contributed by atoms with E-state index in [0.717, 1.165) is 29.6 Å². The maximum absolute atomic E-state index is 12.1. The van der Waals surface area contributed by atoms with Crippen LogP contribution in [0.25, 0.3) is 11.2 Å². The van der Waals surface area contributed by atoms with Gasteiger partial charge >= 0.3 is 5.69 Å². The van der Waals surface area contributed by atoms with Gasteiger partial charge in [0.05, 0.1) is 17.7 Å². The highest BCUT2D eigenvalue weighted by atomic mass is 79.9. The van der Waals surface area contributed by atoms with Crippen molar-refractivity contribution in [2.24, 2.45) is 0 Å². The molecule has 1 aliphatic rings. The molecule has 114 valence electrons. The van der Waals surface area contributed by atoms with E-state index in [1.165, 1.54) is 0 Å². The van der Waals surface area contributed by atoms with Crippen molar-refractivity contribution in [1.29, 1.82) is 0 Å². The molecular weight excluding hydrogens is 336 g/mol. The Morgan fingerprint density at radius 1 is 1.38 bits per heavy atom. The van der Waals surface area contributed by atoms with Crippen LogP contribution < -0.4 is 5.69 Å². The van der Waals surface area contributed by atoms with Gasteiger partial charge in [0.15, 0.2) is 5.65 Å². The fourth-order valence-electron chi connectivity index (χ4n) is 2.94. The Balaban J connectivity index is 1.77. The Bertz CT molecular complexity index is 686. The number of halogens is 1. The van der Waals surface area contributed by atoms with Crippen LogP contribution in [0, 0.1) is 0 Å². The average Bonchev–Trinajstić information content (AvgIpc) is 2.70. The number of hydrogen-bond acceptors (Lipinski definition) is 4. The molecule has 1 saturated heterocycles. The minimum Gasteiger partial charge on any atom is -0.373 e. The number of nitrogens with zero attached hydrogens (tertiary/aromatic N) is 3. The highest BCUT2D eigenvalue weighted by molar-refractivity contribution is 9.10. The number of hydrogen-bond donors (Lipinski definition) is 1. The molecule has 2 aromatic heterocycles. The van der Waals surface area contributed by atoms with Crippen molar-refractivity contribution < 1.29 is 4.74 Å². The smallest absolute Gasteiger partial charge is 0.327 e. The lowest BCUT2D eigenvalue weighted by molar-refractivity contribution is -0.0685. The molecule has 0 aliphatic carbocycles. The van der Waals surface area contributed by atoms with E-state index in [4.69, 9.17) is 4.74 Å². The minimum absolute atomic E-state index is 0.107. The molecule has 0 aromatic carbocycles. The summed E-state index contributed by atoms with van der Waals surface area (Å²) in [5.41, 5.74) is 1.36. The van der Waals surface area contributed by atoms with Gasteiger partial charge in [-0.15, -0.1) is 0 Å². The third-order valence-electron chi connectivity index (χ3n) is 3.73. The molecule has 0 bridgehead atoms. The van der Waals surface area contributed by atoms with Gasteiger partial charge in [-0.1, -0.05) is 0 Å². The van der Waals surface area contributed by atoms with Crippen molar-refractivity contribution >= 4 is 27.1 Å². The van der Waals surface area contributed by atoms with Crippen LogP contribution in [0.5, 0.6) is 0 Å². The summed E-state index contributed by atoms with van der Waals surface area (Å²) in [6.45, 7) is 7.46. The summed E-state index contributed by atoms with van der Waals surface area (Å²) in [6.07, 6.45) is 2.17. The van der Waals surface area contributed by atoms with Crippen molar-refractivity contribution in [2.75, 3.05) is 19.6 Å². The molecule has 21 heavy (non-hydrogen) atoms. The van der Waals surface area contributed by atoms with Gasteiger partial charge in [-0.2, -0.15) is 0 Å². The van der Waals surface area contributed by atoms with Crippen LogP contribution in [0.4, 0.5) is 0 Å². The van der Waals surface area contributed by atoms with Gasteiger partial charge < -0.3 is 4.74 Å². The summed E-state index contributed by atoms with van der Waals surface area (Å²) >= 11 is 3.40. The van der Waals surface area contributed by atoms with Crippen LogP contribution in [-0.2, 0) is 11.3 Å². The van der Waals surface area contributed by atoms with E-state index in [-0.39, 0.29) is 17.9 Å². The SMILES string of the molecule is C[C@@H]1CN(CCn2c(=O)[nH]c3ncc(Br)cc32)C[C@H](C)O1. The van der Waals surface area contributed by atoms with Crippen LogP contribution in [0.1, 0.15) is 13.8 Å². The highest BCUT2D eigenvalue weighted by Crippen LogP contribution is 2.15. The highest BCUT2D eigenvalue weighted by Gasteiger charge is 2.22. The zero-order valence-electron chi connectivity index (χ0n) is 12.2. The number of rotatable bonds is 3. The van der Waals surface area contributed by atoms with Crippen LogP contribution in [0.3, 0.4) is 0 Å². The van der Waals surface area contributed by atoms with Gasteiger partial charge in [-0.25, -0.2) is 9.78 Å². The van der Waals surface area contributed by atoms with Gasteiger partial charge in [0.1, 0.15) is 0 Å². The maximum Gasteiger partial charge on any atom is 0.327 e.